The molecule has 5 rings (SSSR count). The summed E-state index contributed by atoms with van der Waals surface area (Å²) >= 11 is 0. The topological polar surface area (TPSA) is 66.8 Å². The van der Waals surface area contributed by atoms with Crippen LogP contribution in [0.25, 0.3) is 10.9 Å². The largest absolute Gasteiger partial charge is 0.379 e. The van der Waals surface area contributed by atoms with Crippen molar-refractivity contribution in [3.05, 3.63) is 59.5 Å². The van der Waals surface area contributed by atoms with Crippen LogP contribution >= 0.6 is 0 Å². The van der Waals surface area contributed by atoms with Gasteiger partial charge in [-0.3, -0.25) is 14.5 Å². The maximum absolute atomic E-state index is 14.1. The number of benzene rings is 2. The number of aromatic nitrogens is 1. The highest BCUT2D eigenvalue weighted by atomic mass is 19.1. The van der Waals surface area contributed by atoms with Crippen molar-refractivity contribution < 1.29 is 18.7 Å². The Bertz CT molecular complexity index is 1200. The Morgan fingerprint density at radius 1 is 1.09 bits per heavy atom. The van der Waals surface area contributed by atoms with Gasteiger partial charge in [0, 0.05) is 50.7 Å². The third kappa shape index (κ3) is 4.24. The van der Waals surface area contributed by atoms with Crippen molar-refractivity contribution in [3.63, 3.8) is 0 Å². The summed E-state index contributed by atoms with van der Waals surface area (Å²) in [5.74, 6) is -0.776. The zero-order valence-electron chi connectivity index (χ0n) is 18.6. The van der Waals surface area contributed by atoms with Crippen molar-refractivity contribution in [2.24, 2.45) is 7.05 Å². The Morgan fingerprint density at radius 2 is 1.85 bits per heavy atom. The van der Waals surface area contributed by atoms with E-state index in [1.165, 1.54) is 17.7 Å². The summed E-state index contributed by atoms with van der Waals surface area (Å²) in [5.41, 5.74) is 3.37. The van der Waals surface area contributed by atoms with E-state index in [2.05, 4.69) is 10.2 Å². The van der Waals surface area contributed by atoms with Crippen LogP contribution in [-0.4, -0.2) is 54.1 Å². The number of rotatable bonds is 5. The molecule has 2 fully saturated rings. The quantitative estimate of drug-likeness (QED) is 0.646. The maximum Gasteiger partial charge on any atom is 0.274 e. The molecule has 172 valence electrons. The van der Waals surface area contributed by atoms with Gasteiger partial charge in [0.05, 0.1) is 24.4 Å². The molecule has 33 heavy (non-hydrogen) atoms. The number of hydrogen-bond donors (Lipinski definition) is 1. The minimum absolute atomic E-state index is 0.0479. The predicted molar refractivity (Wildman–Crippen MR) is 125 cm³/mol. The number of aryl methyl sites for hydroxylation is 1. The Hall–Kier alpha value is -3.23. The van der Waals surface area contributed by atoms with Crippen LogP contribution in [0.4, 0.5) is 15.8 Å². The van der Waals surface area contributed by atoms with E-state index in [9.17, 15) is 14.0 Å². The number of hydrogen-bond acceptors (Lipinski definition) is 4. The van der Waals surface area contributed by atoms with Crippen molar-refractivity contribution in [2.75, 3.05) is 43.1 Å². The van der Waals surface area contributed by atoms with Crippen molar-refractivity contribution >= 4 is 34.1 Å². The first-order valence-electron chi connectivity index (χ1n) is 11.3. The van der Waals surface area contributed by atoms with Crippen LogP contribution in [0.3, 0.4) is 0 Å². The second-order valence-corrected chi connectivity index (χ2v) is 8.61. The minimum atomic E-state index is -0.399. The lowest BCUT2D eigenvalue weighted by molar-refractivity contribution is -0.117. The van der Waals surface area contributed by atoms with Gasteiger partial charge in [-0.15, -0.1) is 0 Å². The number of carbonyl (C=O) groups excluding carboxylic acids is 2. The first kappa shape index (κ1) is 21.6. The fourth-order valence-corrected chi connectivity index (χ4v) is 4.72. The molecule has 0 atom stereocenters. The molecule has 0 unspecified atom stereocenters. The van der Waals surface area contributed by atoms with Crippen LogP contribution in [0.15, 0.2) is 42.5 Å². The lowest BCUT2D eigenvalue weighted by atomic mass is 10.1. The molecule has 2 aromatic carbocycles. The van der Waals surface area contributed by atoms with Gasteiger partial charge in [0.1, 0.15) is 11.5 Å². The number of halogens is 1. The van der Waals surface area contributed by atoms with Crippen LogP contribution in [0.1, 0.15) is 28.9 Å². The molecule has 0 aliphatic carbocycles. The first-order chi connectivity index (χ1) is 16.0. The molecule has 3 heterocycles. The molecule has 0 saturated carbocycles. The minimum Gasteiger partial charge on any atom is -0.379 e. The number of amides is 2. The van der Waals surface area contributed by atoms with Gasteiger partial charge in [-0.2, -0.15) is 0 Å². The molecule has 0 spiro atoms. The van der Waals surface area contributed by atoms with Gasteiger partial charge < -0.3 is 19.5 Å². The molecule has 1 aromatic heterocycles. The molecule has 1 N–H and O–H groups in total. The van der Waals surface area contributed by atoms with E-state index in [0.29, 0.717) is 40.9 Å². The SMILES string of the molecule is Cn1c(C(=O)Nc2ccc(CN3CCOCC3)cc2)c(N2CCCC2=O)c2cc(F)ccc21. The molecule has 0 bridgehead atoms. The fourth-order valence-electron chi connectivity index (χ4n) is 4.72. The third-order valence-corrected chi connectivity index (χ3v) is 6.41. The lowest BCUT2D eigenvalue weighted by Gasteiger charge is -2.26. The highest BCUT2D eigenvalue weighted by molar-refractivity contribution is 6.17. The van der Waals surface area contributed by atoms with Crippen molar-refractivity contribution in [2.45, 2.75) is 19.4 Å². The highest BCUT2D eigenvalue weighted by Gasteiger charge is 2.31. The van der Waals surface area contributed by atoms with Gasteiger partial charge in [0.25, 0.3) is 5.91 Å². The molecule has 7 nitrogen and oxygen atoms in total. The van der Waals surface area contributed by atoms with Crippen molar-refractivity contribution in [1.29, 1.82) is 0 Å². The van der Waals surface area contributed by atoms with E-state index in [1.54, 1.807) is 22.6 Å². The van der Waals surface area contributed by atoms with Crippen LogP contribution in [0, 0.1) is 5.82 Å². The molecule has 2 saturated heterocycles. The van der Waals surface area contributed by atoms with Gasteiger partial charge in [-0.1, -0.05) is 12.1 Å². The smallest absolute Gasteiger partial charge is 0.274 e. The fraction of sp³-hybridized carbons (Fsp3) is 0.360. The zero-order chi connectivity index (χ0) is 22.9. The Kier molecular flexibility index (Phi) is 5.86. The molecular weight excluding hydrogens is 423 g/mol. The number of carbonyl (C=O) groups is 2. The highest BCUT2D eigenvalue weighted by Crippen LogP contribution is 2.36. The number of ether oxygens (including phenoxy) is 1. The summed E-state index contributed by atoms with van der Waals surface area (Å²) in [5, 5.41) is 3.53. The predicted octanol–water partition coefficient (Wildman–Crippen LogP) is 3.53. The van der Waals surface area contributed by atoms with E-state index in [0.717, 1.165) is 39.3 Å². The van der Waals surface area contributed by atoms with E-state index < -0.39 is 5.82 Å². The zero-order valence-corrected chi connectivity index (χ0v) is 18.6. The Morgan fingerprint density at radius 3 is 2.55 bits per heavy atom. The van der Waals surface area contributed by atoms with Gasteiger partial charge in [0.15, 0.2) is 0 Å². The van der Waals surface area contributed by atoms with Crippen LogP contribution in [0.2, 0.25) is 0 Å². The number of fused-ring (bicyclic) bond motifs is 1. The molecule has 0 radical (unpaired) electrons. The summed E-state index contributed by atoms with van der Waals surface area (Å²) in [6, 6.07) is 12.2. The van der Waals surface area contributed by atoms with Gasteiger partial charge in [-0.25, -0.2) is 4.39 Å². The molecule has 2 amide bonds. The summed E-state index contributed by atoms with van der Waals surface area (Å²) < 4.78 is 21.2. The first-order valence-corrected chi connectivity index (χ1v) is 11.3. The summed E-state index contributed by atoms with van der Waals surface area (Å²) in [7, 11) is 1.77. The van der Waals surface area contributed by atoms with Gasteiger partial charge >= 0.3 is 0 Å². The molecule has 8 heteroatoms. The summed E-state index contributed by atoms with van der Waals surface area (Å²) in [4.78, 5) is 29.9. The second kappa shape index (κ2) is 8.96. The standard InChI is InChI=1S/C25H27FN4O3/c1-28-21-9-6-18(26)15-20(21)23(30-10-2-3-22(30)31)24(28)25(32)27-19-7-4-17(5-8-19)16-29-11-13-33-14-12-29/h4-9,15H,2-3,10-14,16H2,1H3,(H,27,32). The molecule has 3 aromatic rings. The van der Waals surface area contributed by atoms with E-state index in [-0.39, 0.29) is 11.8 Å². The maximum atomic E-state index is 14.1. The molecule has 2 aliphatic rings. The van der Waals surface area contributed by atoms with Crippen molar-refractivity contribution in [3.8, 4) is 0 Å². The average Bonchev–Trinajstić information content (AvgIpc) is 3.35. The summed E-state index contributed by atoms with van der Waals surface area (Å²) in [6.45, 7) is 4.70. The van der Waals surface area contributed by atoms with Crippen molar-refractivity contribution in [1.82, 2.24) is 9.47 Å². The van der Waals surface area contributed by atoms with Crippen LogP contribution in [-0.2, 0) is 23.1 Å². The average molecular weight is 451 g/mol. The normalized spacial score (nSPS) is 17.2. The van der Waals surface area contributed by atoms with E-state index in [4.69, 9.17) is 4.74 Å². The third-order valence-electron chi connectivity index (χ3n) is 6.41. The lowest BCUT2D eigenvalue weighted by Crippen LogP contribution is -2.35. The van der Waals surface area contributed by atoms with Crippen LogP contribution in [0.5, 0.6) is 0 Å². The number of anilines is 2. The van der Waals surface area contributed by atoms with E-state index >= 15 is 0 Å². The Labute approximate surface area is 191 Å². The molecule has 2 aliphatic heterocycles. The monoisotopic (exact) mass is 450 g/mol. The number of nitrogens with zero attached hydrogens (tertiary/aromatic N) is 3. The number of nitrogens with one attached hydrogen (secondary N) is 1. The number of morpholine rings is 1. The second-order valence-electron chi connectivity index (χ2n) is 8.61. The van der Waals surface area contributed by atoms with Gasteiger partial charge in [-0.05, 0) is 42.3 Å². The van der Waals surface area contributed by atoms with Gasteiger partial charge in [0.2, 0.25) is 5.91 Å². The molecular formula is C25H27FN4O3. The Balaban J connectivity index is 1.42. The van der Waals surface area contributed by atoms with Crippen LogP contribution < -0.4 is 10.2 Å². The van der Waals surface area contributed by atoms with E-state index in [1.807, 2.05) is 24.3 Å². The summed E-state index contributed by atoms with van der Waals surface area (Å²) in [6.07, 6.45) is 1.15.